The van der Waals surface area contributed by atoms with Gasteiger partial charge in [0.05, 0.1) is 22.7 Å². The molecule has 0 saturated heterocycles. The molecule has 0 bridgehead atoms. The SMILES string of the molecule is CCCCCCCCCCN1c2cccc3c(/N=N/c4ccc(/N=N/c5ccc(C6CCC(C)CC6)cc5)c5ccccc45)ccc(c23)N(CCCCCCCCCC)C1(C)CCCCCCCCCC. The molecule has 5 aromatic carbocycles. The molecule has 0 spiro atoms. The summed E-state index contributed by atoms with van der Waals surface area (Å²) in [6.45, 7) is 14.1. The lowest BCUT2D eigenvalue weighted by Gasteiger charge is -2.55. The average molecular weight is 960 g/mol. The predicted octanol–water partition coefficient (Wildman–Crippen LogP) is 22.3. The zero-order valence-corrected chi connectivity index (χ0v) is 45.4. The Balaban J connectivity index is 1.15. The molecule has 1 saturated carbocycles. The molecular formula is C65H94N6. The maximum atomic E-state index is 5.12. The normalized spacial score (nSPS) is 18.3. The molecule has 5 aromatic rings. The summed E-state index contributed by atoms with van der Waals surface area (Å²) in [5.41, 5.74) is 7.60. The average Bonchev–Trinajstić information content (AvgIpc) is 3.39. The second kappa shape index (κ2) is 29.2. The number of unbranched alkanes of at least 4 members (excludes halogenated alkanes) is 21. The highest BCUT2D eigenvalue weighted by Crippen LogP contribution is 2.50. The summed E-state index contributed by atoms with van der Waals surface area (Å²) in [5, 5.41) is 24.3. The summed E-state index contributed by atoms with van der Waals surface area (Å²) < 4.78 is 0. The number of benzene rings is 5. The highest BCUT2D eigenvalue weighted by atomic mass is 15.4. The van der Waals surface area contributed by atoms with Crippen molar-refractivity contribution in [2.75, 3.05) is 22.9 Å². The van der Waals surface area contributed by atoms with Crippen molar-refractivity contribution < 1.29 is 0 Å². The first-order chi connectivity index (χ1) is 34.9. The lowest BCUT2D eigenvalue weighted by Crippen LogP contribution is -2.62. The van der Waals surface area contributed by atoms with Gasteiger partial charge in [0.2, 0.25) is 0 Å². The van der Waals surface area contributed by atoms with Gasteiger partial charge in [-0.25, -0.2) is 0 Å². The van der Waals surface area contributed by atoms with Crippen LogP contribution in [0.4, 0.5) is 34.1 Å². The fraction of sp³-hybridized carbons (Fsp3) is 0.600. The molecule has 1 atom stereocenters. The second-order valence-electron chi connectivity index (χ2n) is 22.1. The van der Waals surface area contributed by atoms with Gasteiger partial charge < -0.3 is 9.80 Å². The smallest absolute Gasteiger partial charge is 0.110 e. The van der Waals surface area contributed by atoms with Gasteiger partial charge in [-0.1, -0.05) is 224 Å². The Hall–Kier alpha value is -4.58. The van der Waals surface area contributed by atoms with Crippen LogP contribution in [-0.4, -0.2) is 18.8 Å². The van der Waals surface area contributed by atoms with Crippen LogP contribution < -0.4 is 9.80 Å². The Morgan fingerprint density at radius 3 is 1.37 bits per heavy atom. The van der Waals surface area contributed by atoms with Crippen LogP contribution in [0.1, 0.15) is 232 Å². The minimum atomic E-state index is -0.0932. The molecule has 1 fully saturated rings. The third-order valence-corrected chi connectivity index (χ3v) is 16.5. The van der Waals surface area contributed by atoms with Gasteiger partial charge >= 0.3 is 0 Å². The zero-order chi connectivity index (χ0) is 49.5. The third kappa shape index (κ3) is 15.2. The van der Waals surface area contributed by atoms with Crippen molar-refractivity contribution in [3.8, 4) is 0 Å². The first-order valence-corrected chi connectivity index (χ1v) is 29.5. The Morgan fingerprint density at radius 1 is 0.423 bits per heavy atom. The second-order valence-corrected chi connectivity index (χ2v) is 22.1. The summed E-state index contributed by atoms with van der Waals surface area (Å²) >= 11 is 0. The van der Waals surface area contributed by atoms with Crippen molar-refractivity contribution in [2.45, 2.75) is 232 Å². The summed E-state index contributed by atoms with van der Waals surface area (Å²) in [6, 6.07) is 33.0. The lowest BCUT2D eigenvalue weighted by molar-refractivity contribution is 0.341. The van der Waals surface area contributed by atoms with Crippen LogP contribution in [0.5, 0.6) is 0 Å². The molecule has 0 radical (unpaired) electrons. The first kappa shape index (κ1) is 54.2. The van der Waals surface area contributed by atoms with Gasteiger partial charge in [-0.15, -0.1) is 15.3 Å². The summed E-state index contributed by atoms with van der Waals surface area (Å²) in [6.07, 6.45) is 38.5. The van der Waals surface area contributed by atoms with Gasteiger partial charge in [0.1, 0.15) is 5.66 Å². The Bertz CT molecular complexity index is 2340. The Labute approximate surface area is 432 Å². The highest BCUT2D eigenvalue weighted by Gasteiger charge is 2.42. The summed E-state index contributed by atoms with van der Waals surface area (Å²) in [5.74, 6) is 1.52. The van der Waals surface area contributed by atoms with Gasteiger partial charge in [0.15, 0.2) is 0 Å². The van der Waals surface area contributed by atoms with E-state index < -0.39 is 0 Å². The van der Waals surface area contributed by atoms with E-state index in [2.05, 4.69) is 135 Å². The molecular weight excluding hydrogens is 865 g/mol. The number of fused-ring (bicyclic) bond motifs is 1. The largest absolute Gasteiger partial charge is 0.348 e. The molecule has 7 rings (SSSR count). The third-order valence-electron chi connectivity index (χ3n) is 16.5. The van der Waals surface area contributed by atoms with Crippen LogP contribution in [0.15, 0.2) is 111 Å². The monoisotopic (exact) mass is 959 g/mol. The minimum absolute atomic E-state index is 0.0932. The molecule has 2 aliphatic rings. The van der Waals surface area contributed by atoms with Gasteiger partial charge in [-0.2, -0.15) is 5.11 Å². The molecule has 1 heterocycles. The molecule has 1 aliphatic carbocycles. The number of rotatable bonds is 32. The Morgan fingerprint density at radius 2 is 0.845 bits per heavy atom. The molecule has 0 aromatic heterocycles. The van der Waals surface area contributed by atoms with E-state index in [4.69, 9.17) is 20.5 Å². The van der Waals surface area contributed by atoms with Crippen molar-refractivity contribution in [1.82, 2.24) is 0 Å². The minimum Gasteiger partial charge on any atom is -0.348 e. The van der Waals surface area contributed by atoms with Crippen molar-refractivity contribution in [1.29, 1.82) is 0 Å². The van der Waals surface area contributed by atoms with E-state index >= 15 is 0 Å². The quantitative estimate of drug-likeness (QED) is 0.0319. The highest BCUT2D eigenvalue weighted by molar-refractivity contribution is 6.10. The molecule has 6 heteroatoms. The van der Waals surface area contributed by atoms with Crippen LogP contribution in [0, 0.1) is 5.92 Å². The van der Waals surface area contributed by atoms with E-state index in [-0.39, 0.29) is 5.66 Å². The summed E-state index contributed by atoms with van der Waals surface area (Å²) in [7, 11) is 0. The van der Waals surface area contributed by atoms with Gasteiger partial charge in [-0.3, -0.25) is 0 Å². The van der Waals surface area contributed by atoms with Crippen LogP contribution in [0.25, 0.3) is 21.5 Å². The number of nitrogens with zero attached hydrogens (tertiary/aromatic N) is 6. The van der Waals surface area contributed by atoms with Crippen molar-refractivity contribution in [2.24, 2.45) is 26.4 Å². The summed E-state index contributed by atoms with van der Waals surface area (Å²) in [4.78, 5) is 5.72. The molecule has 0 amide bonds. The molecule has 6 nitrogen and oxygen atoms in total. The maximum Gasteiger partial charge on any atom is 0.110 e. The molecule has 71 heavy (non-hydrogen) atoms. The van der Waals surface area contributed by atoms with E-state index in [1.807, 2.05) is 0 Å². The zero-order valence-electron chi connectivity index (χ0n) is 45.4. The standard InChI is InChI=1S/C65H94N6/c1-6-9-12-15-18-21-24-29-49-65(5)70(50-30-25-22-19-16-13-10-7-2)62-36-32-35-58-61(47-48-63(64(58)62)71(65)51-31-26-23-20-17-14-11-8-3)69-68-60-46-45-59(56-33-27-28-34-57(56)60)67-66-55-43-41-54(42-44-55)53-39-37-52(4)38-40-53/h27-28,32-36,41-48,52-53H,6-26,29-31,37-40,49-51H2,1-5H3/b67-66+,69-68+. The fourth-order valence-electron chi connectivity index (χ4n) is 12.0. The molecule has 0 N–H and O–H groups in total. The van der Waals surface area contributed by atoms with E-state index in [1.165, 1.54) is 214 Å². The van der Waals surface area contributed by atoms with Crippen LogP contribution in [-0.2, 0) is 0 Å². The Kier molecular flexibility index (Phi) is 22.3. The topological polar surface area (TPSA) is 55.9 Å². The van der Waals surface area contributed by atoms with Gasteiger partial charge in [0, 0.05) is 46.0 Å². The number of hydrogen-bond acceptors (Lipinski definition) is 6. The van der Waals surface area contributed by atoms with Crippen molar-refractivity contribution in [3.05, 3.63) is 96.6 Å². The number of hydrogen-bond donors (Lipinski definition) is 0. The van der Waals surface area contributed by atoms with Crippen molar-refractivity contribution in [3.63, 3.8) is 0 Å². The van der Waals surface area contributed by atoms with Crippen LogP contribution >= 0.6 is 0 Å². The van der Waals surface area contributed by atoms with E-state index in [1.54, 1.807) is 0 Å². The van der Waals surface area contributed by atoms with E-state index in [0.29, 0.717) is 5.92 Å². The van der Waals surface area contributed by atoms with Gasteiger partial charge in [-0.05, 0) is 105 Å². The predicted molar refractivity (Wildman–Crippen MR) is 309 cm³/mol. The first-order valence-electron chi connectivity index (χ1n) is 29.5. The van der Waals surface area contributed by atoms with Crippen LogP contribution in [0.2, 0.25) is 0 Å². The van der Waals surface area contributed by atoms with Crippen molar-refractivity contribution >= 4 is 55.7 Å². The van der Waals surface area contributed by atoms with Gasteiger partial charge in [0.25, 0.3) is 0 Å². The van der Waals surface area contributed by atoms with E-state index in [9.17, 15) is 0 Å². The molecule has 1 unspecified atom stereocenters. The number of azo groups is 2. The molecule has 1 aliphatic heterocycles. The maximum absolute atomic E-state index is 5.12. The van der Waals surface area contributed by atoms with Crippen LogP contribution in [0.3, 0.4) is 0 Å². The van der Waals surface area contributed by atoms with E-state index in [0.717, 1.165) is 52.5 Å². The fourth-order valence-corrected chi connectivity index (χ4v) is 12.0. The molecule has 384 valence electrons. The number of anilines is 2. The lowest BCUT2D eigenvalue weighted by atomic mass is 9.79.